The number of rotatable bonds is 2. The molecule has 0 radical (unpaired) electrons. The molecule has 0 spiro atoms. The predicted octanol–water partition coefficient (Wildman–Crippen LogP) is 2.11. The number of aliphatic hydroxyl groups excluding tert-OH is 1. The van der Waals surface area contributed by atoms with Crippen molar-refractivity contribution in [3.63, 3.8) is 0 Å². The molecule has 2 unspecified atom stereocenters. The van der Waals surface area contributed by atoms with E-state index in [1.54, 1.807) is 15.8 Å². The smallest absolute Gasteiger partial charge is 0.321 e. The van der Waals surface area contributed by atoms with Crippen molar-refractivity contribution in [2.24, 2.45) is 5.92 Å². The lowest BCUT2D eigenvalue weighted by atomic mass is 9.96. The Labute approximate surface area is 129 Å². The molecule has 3 rings (SSSR count). The third-order valence-corrected chi connectivity index (χ3v) is 4.10. The van der Waals surface area contributed by atoms with E-state index in [1.165, 1.54) is 0 Å². The molecule has 1 aromatic heterocycles. The first-order chi connectivity index (χ1) is 10.6. The summed E-state index contributed by atoms with van der Waals surface area (Å²) in [5, 5.41) is 17.1. The molecule has 6 heteroatoms. The van der Waals surface area contributed by atoms with Crippen molar-refractivity contribution in [2.75, 3.05) is 18.4 Å². The Balaban J connectivity index is 1.75. The maximum atomic E-state index is 12.4. The van der Waals surface area contributed by atoms with Gasteiger partial charge in [0.15, 0.2) is 0 Å². The molecule has 0 saturated carbocycles. The van der Waals surface area contributed by atoms with Gasteiger partial charge in [0, 0.05) is 25.5 Å². The van der Waals surface area contributed by atoms with Gasteiger partial charge in [0.25, 0.3) is 0 Å². The molecule has 1 aliphatic rings. The van der Waals surface area contributed by atoms with Crippen molar-refractivity contribution in [1.82, 2.24) is 14.7 Å². The van der Waals surface area contributed by atoms with Crippen LogP contribution >= 0.6 is 0 Å². The van der Waals surface area contributed by atoms with Crippen LogP contribution in [0.1, 0.15) is 13.3 Å². The van der Waals surface area contributed by atoms with Gasteiger partial charge in [0.05, 0.1) is 17.5 Å². The summed E-state index contributed by atoms with van der Waals surface area (Å²) in [6.45, 7) is 3.04. The number of anilines is 1. The van der Waals surface area contributed by atoms with Crippen molar-refractivity contribution in [3.05, 3.63) is 42.7 Å². The number of para-hydroxylation sites is 2. The Morgan fingerprint density at radius 2 is 2.18 bits per heavy atom. The van der Waals surface area contributed by atoms with Gasteiger partial charge >= 0.3 is 6.03 Å². The molecule has 1 aromatic carbocycles. The summed E-state index contributed by atoms with van der Waals surface area (Å²) in [5.74, 6) is 0.236. The van der Waals surface area contributed by atoms with E-state index in [-0.39, 0.29) is 11.9 Å². The van der Waals surface area contributed by atoms with E-state index in [2.05, 4.69) is 10.4 Å². The Morgan fingerprint density at radius 1 is 1.36 bits per heavy atom. The highest BCUT2D eigenvalue weighted by molar-refractivity contribution is 5.91. The van der Waals surface area contributed by atoms with E-state index in [1.807, 2.05) is 43.5 Å². The van der Waals surface area contributed by atoms with Crippen molar-refractivity contribution in [3.8, 4) is 5.69 Å². The Bertz CT molecular complexity index is 641. The van der Waals surface area contributed by atoms with Gasteiger partial charge in [-0.3, -0.25) is 0 Å². The number of piperidine rings is 1. The molecular formula is C16H20N4O2. The first-order valence-corrected chi connectivity index (χ1v) is 7.48. The molecule has 2 aromatic rings. The molecule has 0 bridgehead atoms. The summed E-state index contributed by atoms with van der Waals surface area (Å²) >= 11 is 0. The molecular weight excluding hydrogens is 280 g/mol. The first-order valence-electron chi connectivity index (χ1n) is 7.48. The molecule has 1 aliphatic heterocycles. The SMILES string of the molecule is CC1CCN(C(=O)Nc2ccccc2-n2cccn2)CC1O. The van der Waals surface area contributed by atoms with E-state index >= 15 is 0 Å². The van der Waals surface area contributed by atoms with E-state index < -0.39 is 6.10 Å². The second-order valence-electron chi connectivity index (χ2n) is 5.68. The highest BCUT2D eigenvalue weighted by atomic mass is 16.3. The molecule has 0 aliphatic carbocycles. The number of carbonyl (C=O) groups excluding carboxylic acids is 1. The highest BCUT2D eigenvalue weighted by Crippen LogP contribution is 2.21. The summed E-state index contributed by atoms with van der Waals surface area (Å²) in [6, 6.07) is 9.16. The third-order valence-electron chi connectivity index (χ3n) is 4.10. The first kappa shape index (κ1) is 14.6. The Kier molecular flexibility index (Phi) is 4.11. The van der Waals surface area contributed by atoms with Crippen molar-refractivity contribution in [1.29, 1.82) is 0 Å². The lowest BCUT2D eigenvalue weighted by molar-refractivity contribution is 0.0464. The van der Waals surface area contributed by atoms with Crippen LogP contribution in [0.2, 0.25) is 0 Å². The van der Waals surface area contributed by atoms with Gasteiger partial charge in [-0.15, -0.1) is 0 Å². The Hall–Kier alpha value is -2.34. The maximum Gasteiger partial charge on any atom is 0.321 e. The van der Waals surface area contributed by atoms with Crippen molar-refractivity contribution >= 4 is 11.7 Å². The molecule has 2 heterocycles. The number of β-amino-alcohol motifs (C(OH)–C–C–N with tert-alkyl or cyclic N) is 1. The van der Waals surface area contributed by atoms with E-state index in [9.17, 15) is 9.90 Å². The maximum absolute atomic E-state index is 12.4. The third kappa shape index (κ3) is 2.96. The van der Waals surface area contributed by atoms with Crippen LogP contribution < -0.4 is 5.32 Å². The van der Waals surface area contributed by atoms with Gasteiger partial charge in [-0.05, 0) is 30.5 Å². The second kappa shape index (κ2) is 6.19. The van der Waals surface area contributed by atoms with E-state index in [4.69, 9.17) is 0 Å². The van der Waals surface area contributed by atoms with Crippen LogP contribution in [0.5, 0.6) is 0 Å². The number of carbonyl (C=O) groups is 1. The molecule has 1 saturated heterocycles. The average Bonchev–Trinajstić information content (AvgIpc) is 3.04. The highest BCUT2D eigenvalue weighted by Gasteiger charge is 2.27. The van der Waals surface area contributed by atoms with Crippen molar-refractivity contribution < 1.29 is 9.90 Å². The number of nitrogens with one attached hydrogen (secondary N) is 1. The van der Waals surface area contributed by atoms with Crippen LogP contribution in [0.3, 0.4) is 0 Å². The molecule has 2 N–H and O–H groups in total. The van der Waals surface area contributed by atoms with Gasteiger partial charge in [-0.25, -0.2) is 9.48 Å². The number of aliphatic hydroxyl groups is 1. The zero-order valence-corrected chi connectivity index (χ0v) is 12.5. The summed E-state index contributed by atoms with van der Waals surface area (Å²) in [5.41, 5.74) is 1.51. The van der Waals surface area contributed by atoms with Gasteiger partial charge in [0.2, 0.25) is 0 Å². The molecule has 116 valence electrons. The molecule has 2 atom stereocenters. The summed E-state index contributed by atoms with van der Waals surface area (Å²) < 4.78 is 1.71. The van der Waals surface area contributed by atoms with Gasteiger partial charge in [-0.2, -0.15) is 5.10 Å². The zero-order valence-electron chi connectivity index (χ0n) is 12.5. The second-order valence-corrected chi connectivity index (χ2v) is 5.68. The number of likely N-dealkylation sites (tertiary alicyclic amines) is 1. The number of hydrogen-bond acceptors (Lipinski definition) is 3. The fraction of sp³-hybridized carbons (Fsp3) is 0.375. The van der Waals surface area contributed by atoms with E-state index in [0.717, 1.165) is 12.1 Å². The minimum absolute atomic E-state index is 0.189. The quantitative estimate of drug-likeness (QED) is 0.892. The number of amides is 2. The topological polar surface area (TPSA) is 70.4 Å². The summed E-state index contributed by atoms with van der Waals surface area (Å²) in [4.78, 5) is 14.1. The number of hydrogen-bond donors (Lipinski definition) is 2. The van der Waals surface area contributed by atoms with E-state index in [0.29, 0.717) is 18.8 Å². The minimum atomic E-state index is -0.458. The van der Waals surface area contributed by atoms with Crippen LogP contribution in [0.15, 0.2) is 42.7 Å². The molecule has 22 heavy (non-hydrogen) atoms. The molecule has 6 nitrogen and oxygen atoms in total. The molecule has 2 amide bonds. The number of urea groups is 1. The van der Waals surface area contributed by atoms with Crippen molar-refractivity contribution in [2.45, 2.75) is 19.4 Å². The normalized spacial score (nSPS) is 21.6. The van der Waals surface area contributed by atoms with Gasteiger partial charge in [0.1, 0.15) is 0 Å². The van der Waals surface area contributed by atoms with Crippen LogP contribution in [0.25, 0.3) is 5.69 Å². The van der Waals surface area contributed by atoms with Crippen LogP contribution in [-0.4, -0.2) is 45.0 Å². The number of nitrogens with zero attached hydrogens (tertiary/aromatic N) is 3. The van der Waals surface area contributed by atoms with Gasteiger partial charge < -0.3 is 15.3 Å². The zero-order chi connectivity index (χ0) is 15.5. The van der Waals surface area contributed by atoms with Gasteiger partial charge in [-0.1, -0.05) is 19.1 Å². The fourth-order valence-electron chi connectivity index (χ4n) is 2.62. The Morgan fingerprint density at radius 3 is 2.91 bits per heavy atom. The summed E-state index contributed by atoms with van der Waals surface area (Å²) in [7, 11) is 0. The van der Waals surface area contributed by atoms with Crippen LogP contribution in [-0.2, 0) is 0 Å². The monoisotopic (exact) mass is 300 g/mol. The molecule has 1 fully saturated rings. The average molecular weight is 300 g/mol. The number of benzene rings is 1. The summed E-state index contributed by atoms with van der Waals surface area (Å²) in [6.07, 6.45) is 3.88. The standard InChI is InChI=1S/C16H20N4O2/c1-12-7-10-19(11-15(12)21)16(22)18-13-5-2-3-6-14(13)20-9-4-8-17-20/h2-6,8-9,12,15,21H,7,10-11H2,1H3,(H,18,22). The van der Waals surface area contributed by atoms with Crippen LogP contribution in [0.4, 0.5) is 10.5 Å². The van der Waals surface area contributed by atoms with Crippen LogP contribution in [0, 0.1) is 5.92 Å². The lowest BCUT2D eigenvalue weighted by Crippen LogP contribution is -2.47. The number of aromatic nitrogens is 2. The lowest BCUT2D eigenvalue weighted by Gasteiger charge is -2.34. The minimum Gasteiger partial charge on any atom is -0.391 e. The fourth-order valence-corrected chi connectivity index (χ4v) is 2.62. The largest absolute Gasteiger partial charge is 0.391 e. The predicted molar refractivity (Wildman–Crippen MR) is 83.9 cm³/mol.